The Morgan fingerprint density at radius 3 is 2.67 bits per heavy atom. The first-order chi connectivity index (χ1) is 10.3. The van der Waals surface area contributed by atoms with E-state index < -0.39 is 0 Å². The molecule has 1 heterocycles. The number of rotatable bonds is 4. The van der Waals surface area contributed by atoms with Crippen molar-refractivity contribution in [2.45, 2.75) is 38.5 Å². The van der Waals surface area contributed by atoms with Gasteiger partial charge in [0.25, 0.3) is 0 Å². The summed E-state index contributed by atoms with van der Waals surface area (Å²) in [5, 5.41) is 2.92. The van der Waals surface area contributed by atoms with E-state index in [1.807, 2.05) is 11.0 Å². The molecule has 0 radical (unpaired) electrons. The standard InChI is InChI=1S/C17H24N2O2/c20-17(19-10-3-4-11-19)18-9-12-21-16-8-7-14-5-1-2-6-15(14)13-16/h7-8,13H,1-6,9-12H2,(H,18,20). The summed E-state index contributed by atoms with van der Waals surface area (Å²) in [6.45, 7) is 2.86. The predicted molar refractivity (Wildman–Crippen MR) is 82.8 cm³/mol. The fraction of sp³-hybridized carbons (Fsp3) is 0.588. The Morgan fingerprint density at radius 2 is 1.86 bits per heavy atom. The molecule has 4 nitrogen and oxygen atoms in total. The maximum atomic E-state index is 11.8. The van der Waals surface area contributed by atoms with Crippen LogP contribution >= 0.6 is 0 Å². The molecule has 1 aliphatic heterocycles. The van der Waals surface area contributed by atoms with E-state index in [2.05, 4.69) is 17.4 Å². The summed E-state index contributed by atoms with van der Waals surface area (Å²) >= 11 is 0. The Kier molecular flexibility index (Phi) is 4.63. The molecule has 1 aromatic carbocycles. The van der Waals surface area contributed by atoms with Gasteiger partial charge in [-0.25, -0.2) is 4.79 Å². The van der Waals surface area contributed by atoms with Gasteiger partial charge in [0.15, 0.2) is 0 Å². The fourth-order valence-corrected chi connectivity index (χ4v) is 3.16. The molecule has 1 saturated heterocycles. The van der Waals surface area contributed by atoms with Crippen LogP contribution in [0.15, 0.2) is 18.2 Å². The number of amides is 2. The summed E-state index contributed by atoms with van der Waals surface area (Å²) in [6.07, 6.45) is 7.19. The van der Waals surface area contributed by atoms with Crippen LogP contribution < -0.4 is 10.1 Å². The Bertz CT molecular complexity index is 496. The highest BCUT2D eigenvalue weighted by atomic mass is 16.5. The van der Waals surface area contributed by atoms with E-state index in [4.69, 9.17) is 4.74 Å². The first-order valence-corrected chi connectivity index (χ1v) is 8.10. The summed E-state index contributed by atoms with van der Waals surface area (Å²) in [6, 6.07) is 6.44. The highest BCUT2D eigenvalue weighted by Crippen LogP contribution is 2.25. The lowest BCUT2D eigenvalue weighted by molar-refractivity contribution is 0.205. The maximum absolute atomic E-state index is 11.8. The first kappa shape index (κ1) is 14.2. The van der Waals surface area contributed by atoms with Crippen LogP contribution in [0.3, 0.4) is 0 Å². The van der Waals surface area contributed by atoms with E-state index >= 15 is 0 Å². The van der Waals surface area contributed by atoms with Crippen molar-refractivity contribution in [3.8, 4) is 5.75 Å². The maximum Gasteiger partial charge on any atom is 0.317 e. The van der Waals surface area contributed by atoms with Crippen molar-refractivity contribution < 1.29 is 9.53 Å². The van der Waals surface area contributed by atoms with E-state index in [-0.39, 0.29) is 6.03 Å². The number of benzene rings is 1. The molecule has 3 rings (SSSR count). The van der Waals surface area contributed by atoms with Gasteiger partial charge in [-0.1, -0.05) is 6.07 Å². The highest BCUT2D eigenvalue weighted by molar-refractivity contribution is 5.74. The molecular formula is C17H24N2O2. The lowest BCUT2D eigenvalue weighted by Gasteiger charge is -2.18. The Balaban J connectivity index is 1.42. The van der Waals surface area contributed by atoms with Gasteiger partial charge in [-0.05, 0) is 61.8 Å². The molecule has 2 amide bonds. The van der Waals surface area contributed by atoms with Crippen molar-refractivity contribution in [3.63, 3.8) is 0 Å². The van der Waals surface area contributed by atoms with Crippen molar-refractivity contribution in [2.24, 2.45) is 0 Å². The Labute approximate surface area is 126 Å². The number of likely N-dealkylation sites (tertiary alicyclic amines) is 1. The number of aryl methyl sites for hydroxylation is 2. The molecule has 1 aliphatic carbocycles. The third-order valence-electron chi connectivity index (χ3n) is 4.36. The van der Waals surface area contributed by atoms with Gasteiger partial charge in [-0.3, -0.25) is 0 Å². The molecule has 1 aromatic rings. The van der Waals surface area contributed by atoms with Crippen LogP contribution in [0.1, 0.15) is 36.8 Å². The molecule has 4 heteroatoms. The van der Waals surface area contributed by atoms with E-state index in [1.165, 1.54) is 30.4 Å². The third kappa shape index (κ3) is 3.69. The molecule has 0 bridgehead atoms. The average molecular weight is 288 g/mol. The number of nitrogens with one attached hydrogen (secondary N) is 1. The van der Waals surface area contributed by atoms with Crippen molar-refractivity contribution in [3.05, 3.63) is 29.3 Å². The van der Waals surface area contributed by atoms with Gasteiger partial charge < -0.3 is 15.0 Å². The largest absolute Gasteiger partial charge is 0.492 e. The Hall–Kier alpha value is -1.71. The molecular weight excluding hydrogens is 264 g/mol. The van der Waals surface area contributed by atoms with Gasteiger partial charge in [0, 0.05) is 13.1 Å². The van der Waals surface area contributed by atoms with Crippen LogP contribution in [-0.4, -0.2) is 37.2 Å². The summed E-state index contributed by atoms with van der Waals surface area (Å²) in [5.74, 6) is 0.922. The number of fused-ring (bicyclic) bond motifs is 1. The molecule has 1 N–H and O–H groups in total. The molecule has 21 heavy (non-hydrogen) atoms. The Morgan fingerprint density at radius 1 is 1.10 bits per heavy atom. The van der Waals surface area contributed by atoms with Crippen LogP contribution in [-0.2, 0) is 12.8 Å². The zero-order valence-electron chi connectivity index (χ0n) is 12.6. The van der Waals surface area contributed by atoms with E-state index in [0.29, 0.717) is 13.2 Å². The smallest absolute Gasteiger partial charge is 0.317 e. The number of hydrogen-bond acceptors (Lipinski definition) is 2. The minimum atomic E-state index is 0.0431. The zero-order valence-corrected chi connectivity index (χ0v) is 12.6. The summed E-state index contributed by atoms with van der Waals surface area (Å²) in [7, 11) is 0. The first-order valence-electron chi connectivity index (χ1n) is 8.10. The number of nitrogens with zero attached hydrogens (tertiary/aromatic N) is 1. The second-order valence-electron chi connectivity index (χ2n) is 5.91. The average Bonchev–Trinajstić information content (AvgIpc) is 3.06. The summed E-state index contributed by atoms with van der Waals surface area (Å²) in [5.41, 5.74) is 2.90. The van der Waals surface area contributed by atoms with Gasteiger partial charge in [0.1, 0.15) is 12.4 Å². The van der Waals surface area contributed by atoms with Gasteiger partial charge in [0.2, 0.25) is 0 Å². The molecule has 0 spiro atoms. The number of hydrogen-bond donors (Lipinski definition) is 1. The molecule has 0 saturated carbocycles. The minimum absolute atomic E-state index is 0.0431. The lowest BCUT2D eigenvalue weighted by atomic mass is 9.92. The molecule has 2 aliphatic rings. The summed E-state index contributed by atoms with van der Waals surface area (Å²) in [4.78, 5) is 13.7. The van der Waals surface area contributed by atoms with Crippen molar-refractivity contribution in [1.82, 2.24) is 10.2 Å². The van der Waals surface area contributed by atoms with Gasteiger partial charge >= 0.3 is 6.03 Å². The molecule has 114 valence electrons. The van der Waals surface area contributed by atoms with Crippen molar-refractivity contribution in [1.29, 1.82) is 0 Å². The lowest BCUT2D eigenvalue weighted by Crippen LogP contribution is -2.39. The van der Waals surface area contributed by atoms with Crippen LogP contribution in [0.2, 0.25) is 0 Å². The number of urea groups is 1. The van der Waals surface area contributed by atoms with E-state index in [1.54, 1.807) is 0 Å². The zero-order chi connectivity index (χ0) is 14.5. The van der Waals surface area contributed by atoms with Crippen LogP contribution in [0.25, 0.3) is 0 Å². The van der Waals surface area contributed by atoms with E-state index in [0.717, 1.165) is 38.1 Å². The number of carbonyl (C=O) groups is 1. The monoisotopic (exact) mass is 288 g/mol. The fourth-order valence-electron chi connectivity index (χ4n) is 3.16. The van der Waals surface area contributed by atoms with Gasteiger partial charge in [0.05, 0.1) is 6.54 Å². The SMILES string of the molecule is O=C(NCCOc1ccc2c(c1)CCCC2)N1CCCC1. The topological polar surface area (TPSA) is 41.6 Å². The second kappa shape index (κ2) is 6.83. The quantitative estimate of drug-likeness (QED) is 0.866. The molecule has 0 unspecified atom stereocenters. The minimum Gasteiger partial charge on any atom is -0.492 e. The van der Waals surface area contributed by atoms with Crippen LogP contribution in [0.5, 0.6) is 5.75 Å². The predicted octanol–water partition coefficient (Wildman–Crippen LogP) is 2.75. The summed E-state index contributed by atoms with van der Waals surface area (Å²) < 4.78 is 5.75. The van der Waals surface area contributed by atoms with Crippen LogP contribution in [0.4, 0.5) is 4.79 Å². The number of carbonyl (C=O) groups excluding carboxylic acids is 1. The van der Waals surface area contributed by atoms with Gasteiger partial charge in [-0.15, -0.1) is 0 Å². The second-order valence-corrected chi connectivity index (χ2v) is 5.91. The number of ether oxygens (including phenoxy) is 1. The third-order valence-corrected chi connectivity index (χ3v) is 4.36. The molecule has 0 aromatic heterocycles. The van der Waals surface area contributed by atoms with Crippen molar-refractivity contribution >= 4 is 6.03 Å². The highest BCUT2D eigenvalue weighted by Gasteiger charge is 2.17. The van der Waals surface area contributed by atoms with E-state index in [9.17, 15) is 4.79 Å². The molecule has 1 fully saturated rings. The van der Waals surface area contributed by atoms with Crippen molar-refractivity contribution in [2.75, 3.05) is 26.2 Å². The van der Waals surface area contributed by atoms with Gasteiger partial charge in [-0.2, -0.15) is 0 Å². The molecule has 0 atom stereocenters. The van der Waals surface area contributed by atoms with Crippen LogP contribution in [0, 0.1) is 0 Å². The normalized spacial score (nSPS) is 17.4.